The van der Waals surface area contributed by atoms with E-state index >= 15 is 0 Å². The lowest BCUT2D eigenvalue weighted by molar-refractivity contribution is -0.111. The molecule has 2 aliphatic rings. The molecular formula is C58H65N2O3S2+. The number of methoxy groups -OCH3 is 2. The summed E-state index contributed by atoms with van der Waals surface area (Å²) in [5.41, 5.74) is 9.89. The van der Waals surface area contributed by atoms with Gasteiger partial charge in [0, 0.05) is 76.0 Å². The van der Waals surface area contributed by atoms with Gasteiger partial charge in [-0.3, -0.25) is 4.79 Å². The van der Waals surface area contributed by atoms with Crippen molar-refractivity contribution in [2.45, 2.75) is 84.0 Å². The smallest absolute Gasteiger partial charge is 0.241 e. The molecule has 0 fully saturated rings. The Bertz CT molecular complexity index is 2600. The highest BCUT2D eigenvalue weighted by molar-refractivity contribution is 8.08. The standard InChI is InChI=1S/C58H65N2O3S2/c1-7-11-33-59(34-12-8-2)48-24-30-52-45(38-55(64-57(52)40-48)43-20-26-50(62-5)27-21-43)17-15-42-16-32-54(61)47(37-42)19-18-46-39-56(44-22-28-51(63-6)29-23-44)65-58-41-49(25-31-53(46)58)60(35-13-9-3)36-14-10-4/h15-32,37-41H,7-14,33-36H2,1-6H3/q+1. The van der Waals surface area contributed by atoms with Crippen LogP contribution < -0.4 is 19.3 Å². The van der Waals surface area contributed by atoms with Gasteiger partial charge in [0.25, 0.3) is 0 Å². The maximum absolute atomic E-state index is 13.5. The Labute approximate surface area is 396 Å². The molecule has 7 rings (SSSR count). The van der Waals surface area contributed by atoms with Gasteiger partial charge in [0.2, 0.25) is 20.9 Å². The third-order valence-electron chi connectivity index (χ3n) is 12.1. The predicted molar refractivity (Wildman–Crippen MR) is 283 cm³/mol. The highest BCUT2D eigenvalue weighted by Gasteiger charge is 2.22. The van der Waals surface area contributed by atoms with Gasteiger partial charge in [0.15, 0.2) is 5.78 Å². The van der Waals surface area contributed by atoms with Crippen LogP contribution in [0.15, 0.2) is 150 Å². The molecule has 2 heterocycles. The van der Waals surface area contributed by atoms with Crippen LogP contribution in [-0.4, -0.2) is 46.2 Å². The Kier molecular flexibility index (Phi) is 17.1. The number of benzene rings is 4. The molecule has 0 saturated carbocycles. The fourth-order valence-corrected chi connectivity index (χ4v) is 10.5. The molecule has 65 heavy (non-hydrogen) atoms. The van der Waals surface area contributed by atoms with Crippen molar-refractivity contribution in [3.8, 4) is 21.9 Å². The first kappa shape index (κ1) is 47.3. The average Bonchev–Trinajstić information content (AvgIpc) is 3.35. The fourth-order valence-electron chi connectivity index (χ4n) is 8.17. The molecule has 0 saturated heterocycles. The number of hydrogen-bond donors (Lipinski definition) is 0. The maximum Gasteiger partial charge on any atom is 0.241 e. The molecule has 336 valence electrons. The van der Waals surface area contributed by atoms with Crippen molar-refractivity contribution in [2.24, 2.45) is 0 Å². The van der Waals surface area contributed by atoms with E-state index in [4.69, 9.17) is 9.47 Å². The van der Waals surface area contributed by atoms with E-state index in [1.807, 2.05) is 65.6 Å². The zero-order valence-electron chi connectivity index (χ0n) is 39.2. The molecule has 0 spiro atoms. The second-order valence-electron chi connectivity index (χ2n) is 16.8. The Hall–Kier alpha value is -5.63. The molecule has 7 heteroatoms. The second kappa shape index (κ2) is 23.5. The van der Waals surface area contributed by atoms with E-state index in [0.29, 0.717) is 5.57 Å². The summed E-state index contributed by atoms with van der Waals surface area (Å²) in [5, 5.41) is 1.17. The zero-order valence-corrected chi connectivity index (χ0v) is 40.8. The summed E-state index contributed by atoms with van der Waals surface area (Å²) in [6, 6.07) is 32.8. The first-order valence-electron chi connectivity index (χ1n) is 23.6. The van der Waals surface area contributed by atoms with Crippen LogP contribution in [0.2, 0.25) is 0 Å². The molecular weight excluding hydrogens is 837 g/mol. The van der Waals surface area contributed by atoms with Gasteiger partial charge in [-0.15, -0.1) is 0 Å². The SMILES string of the molecule is CCCCN(CCCC)c1ccc2c(c1)SC(c1ccc(OC)cc1)=C/C2=C\C=C1\C=CC(=O)C(/C=C/c2cc(-c3ccc(OC)cc3)[s+]c3cc(N(CCCC)CCCC)ccc23)=C1. The van der Waals surface area contributed by atoms with Crippen LogP contribution in [0, 0.1) is 0 Å². The molecule has 0 radical (unpaired) electrons. The van der Waals surface area contributed by atoms with E-state index in [0.717, 1.165) is 70.4 Å². The molecule has 4 aromatic carbocycles. The van der Waals surface area contributed by atoms with Gasteiger partial charge in [-0.05, 0) is 132 Å². The molecule has 1 aromatic heterocycles. The summed E-state index contributed by atoms with van der Waals surface area (Å²) in [4.78, 5) is 22.2. The number of carbonyl (C=O) groups excluding carboxylic acids is 1. The number of hydrogen-bond acceptors (Lipinski definition) is 6. The van der Waals surface area contributed by atoms with Crippen molar-refractivity contribution in [3.63, 3.8) is 0 Å². The summed E-state index contributed by atoms with van der Waals surface area (Å²) >= 11 is 3.64. The van der Waals surface area contributed by atoms with Gasteiger partial charge in [-0.25, -0.2) is 0 Å². The van der Waals surface area contributed by atoms with Crippen LogP contribution in [0.25, 0.3) is 37.1 Å². The Morgan fingerprint density at radius 1 is 0.615 bits per heavy atom. The molecule has 0 N–H and O–H groups in total. The molecule has 1 aliphatic carbocycles. The van der Waals surface area contributed by atoms with Crippen LogP contribution in [0.3, 0.4) is 0 Å². The van der Waals surface area contributed by atoms with E-state index in [1.165, 1.54) is 88.2 Å². The van der Waals surface area contributed by atoms with Gasteiger partial charge < -0.3 is 19.3 Å². The summed E-state index contributed by atoms with van der Waals surface area (Å²) in [5.74, 6) is 1.68. The first-order chi connectivity index (χ1) is 31.8. The third-order valence-corrected chi connectivity index (χ3v) is 14.4. The Morgan fingerprint density at radius 2 is 1.20 bits per heavy atom. The lowest BCUT2D eigenvalue weighted by Gasteiger charge is -2.27. The highest BCUT2D eigenvalue weighted by atomic mass is 32.2. The zero-order chi connectivity index (χ0) is 45.5. The number of anilines is 2. The van der Waals surface area contributed by atoms with Gasteiger partial charge in [0.1, 0.15) is 11.5 Å². The number of ether oxygens (including phenoxy) is 2. The van der Waals surface area contributed by atoms with Crippen LogP contribution in [-0.2, 0) is 4.79 Å². The van der Waals surface area contributed by atoms with Crippen LogP contribution in [0.4, 0.5) is 11.4 Å². The molecule has 5 nitrogen and oxygen atoms in total. The summed E-state index contributed by atoms with van der Waals surface area (Å²) in [6.07, 6.45) is 25.8. The Balaban J connectivity index is 1.25. The number of rotatable bonds is 21. The number of allylic oxidation sites excluding steroid dienone is 10. The van der Waals surface area contributed by atoms with Gasteiger partial charge in [-0.1, -0.05) is 114 Å². The molecule has 5 aromatic rings. The van der Waals surface area contributed by atoms with E-state index < -0.39 is 0 Å². The minimum absolute atomic E-state index is 0.00131. The van der Waals surface area contributed by atoms with Gasteiger partial charge in [0.05, 0.1) is 14.2 Å². The lowest BCUT2D eigenvalue weighted by Crippen LogP contribution is -2.25. The first-order valence-corrected chi connectivity index (χ1v) is 25.3. The fraction of sp³-hybridized carbons (Fsp3) is 0.310. The van der Waals surface area contributed by atoms with E-state index in [2.05, 4.69) is 129 Å². The summed E-state index contributed by atoms with van der Waals surface area (Å²) < 4.78 is 12.2. The number of nitrogens with zero attached hydrogens (tertiary/aromatic N) is 2. The van der Waals surface area contributed by atoms with E-state index in [9.17, 15) is 4.79 Å². The quantitative estimate of drug-likeness (QED) is 0.0684. The van der Waals surface area contributed by atoms with Crippen LogP contribution in [0.5, 0.6) is 11.5 Å². The van der Waals surface area contributed by atoms with E-state index in [1.54, 1.807) is 20.3 Å². The molecule has 0 amide bonds. The number of thioether (sulfide) groups is 1. The van der Waals surface area contributed by atoms with Crippen molar-refractivity contribution in [1.29, 1.82) is 0 Å². The molecule has 1 aliphatic heterocycles. The molecule has 0 unspecified atom stereocenters. The third kappa shape index (κ3) is 12.2. The normalized spacial score (nSPS) is 14.8. The average molecular weight is 902 g/mol. The number of unbranched alkanes of at least 4 members (excludes halogenated alkanes) is 4. The second-order valence-corrected chi connectivity index (χ2v) is 19.0. The number of carbonyl (C=O) groups is 1. The largest absolute Gasteiger partial charge is 0.497 e. The number of fused-ring (bicyclic) bond motifs is 2. The topological polar surface area (TPSA) is 42.0 Å². The van der Waals surface area contributed by atoms with Crippen molar-refractivity contribution in [2.75, 3.05) is 50.2 Å². The highest BCUT2D eigenvalue weighted by Crippen LogP contribution is 2.46. The van der Waals surface area contributed by atoms with Gasteiger partial charge >= 0.3 is 0 Å². The van der Waals surface area contributed by atoms with E-state index in [-0.39, 0.29) is 5.78 Å². The van der Waals surface area contributed by atoms with Crippen molar-refractivity contribution >= 4 is 66.9 Å². The minimum atomic E-state index is -0.00131. The predicted octanol–water partition coefficient (Wildman–Crippen LogP) is 15.9. The van der Waals surface area contributed by atoms with Gasteiger partial charge in [-0.2, -0.15) is 0 Å². The molecule has 0 bridgehead atoms. The van der Waals surface area contributed by atoms with Crippen LogP contribution in [0.1, 0.15) is 95.8 Å². The molecule has 0 atom stereocenters. The Morgan fingerprint density at radius 3 is 1.80 bits per heavy atom. The van der Waals surface area contributed by atoms with Crippen LogP contribution >= 0.6 is 23.1 Å². The minimum Gasteiger partial charge on any atom is -0.497 e. The maximum atomic E-state index is 13.5. The van der Waals surface area contributed by atoms with Crippen molar-refractivity contribution in [1.82, 2.24) is 0 Å². The number of ketones is 1. The van der Waals surface area contributed by atoms with Crippen molar-refractivity contribution < 1.29 is 14.3 Å². The summed E-state index contributed by atoms with van der Waals surface area (Å²) in [7, 11) is 3.41. The lowest BCUT2D eigenvalue weighted by atomic mass is 9.97. The monoisotopic (exact) mass is 901 g/mol. The van der Waals surface area contributed by atoms with Crippen molar-refractivity contribution in [3.05, 3.63) is 161 Å². The summed E-state index contributed by atoms with van der Waals surface area (Å²) in [6.45, 7) is 13.3.